The molecule has 1 fully saturated rings. The summed E-state index contributed by atoms with van der Waals surface area (Å²) in [5.41, 5.74) is 0. The maximum absolute atomic E-state index is 4.55. The first-order chi connectivity index (χ1) is 9.29. The van der Waals surface area contributed by atoms with E-state index in [1.807, 2.05) is 6.08 Å². The molecule has 4 nitrogen and oxygen atoms in total. The summed E-state index contributed by atoms with van der Waals surface area (Å²) >= 11 is 0. The monoisotopic (exact) mass is 264 g/mol. The molecule has 2 rings (SSSR count). The van der Waals surface area contributed by atoms with Crippen molar-refractivity contribution in [2.24, 2.45) is 10.9 Å². The van der Waals surface area contributed by atoms with Crippen molar-refractivity contribution in [1.82, 2.24) is 16.0 Å². The Morgan fingerprint density at radius 3 is 2.89 bits per heavy atom. The van der Waals surface area contributed by atoms with E-state index in [1.165, 1.54) is 32.1 Å². The van der Waals surface area contributed by atoms with Crippen LogP contribution in [0.2, 0.25) is 0 Å². The smallest absolute Gasteiger partial charge is 0.192 e. The number of rotatable bonds is 5. The molecule has 0 radical (unpaired) electrons. The quantitative estimate of drug-likeness (QED) is 0.526. The van der Waals surface area contributed by atoms with Crippen LogP contribution < -0.4 is 16.0 Å². The summed E-state index contributed by atoms with van der Waals surface area (Å²) < 4.78 is 0. The first kappa shape index (κ1) is 14.4. The highest BCUT2D eigenvalue weighted by Crippen LogP contribution is 2.19. The molecule has 0 aromatic carbocycles. The zero-order chi connectivity index (χ0) is 13.5. The average Bonchev–Trinajstić information content (AvgIpc) is 2.44. The molecule has 0 saturated heterocycles. The summed E-state index contributed by atoms with van der Waals surface area (Å²) in [6.45, 7) is 7.80. The average molecular weight is 264 g/mol. The molecule has 1 saturated carbocycles. The van der Waals surface area contributed by atoms with Gasteiger partial charge in [0.1, 0.15) is 0 Å². The van der Waals surface area contributed by atoms with Crippen LogP contribution in [0, 0.1) is 5.92 Å². The third-order valence-corrected chi connectivity index (χ3v) is 4.06. The number of nitrogens with zero attached hydrogens (tertiary/aromatic N) is 1. The van der Waals surface area contributed by atoms with Gasteiger partial charge in [-0.25, -0.2) is 0 Å². The van der Waals surface area contributed by atoms with Crippen molar-refractivity contribution >= 4 is 5.96 Å². The summed E-state index contributed by atoms with van der Waals surface area (Å²) in [5, 5.41) is 10.6. The zero-order valence-electron chi connectivity index (χ0n) is 12.1. The lowest BCUT2D eigenvalue weighted by atomic mass is 9.94. The number of guanidine groups is 1. The molecule has 0 bridgehead atoms. The molecule has 3 N–H and O–H groups in total. The molecule has 1 unspecified atom stereocenters. The zero-order valence-corrected chi connectivity index (χ0v) is 12.1. The first-order valence-electron chi connectivity index (χ1n) is 7.71. The van der Waals surface area contributed by atoms with Crippen molar-refractivity contribution < 1.29 is 0 Å². The van der Waals surface area contributed by atoms with Crippen molar-refractivity contribution in [1.29, 1.82) is 0 Å². The Morgan fingerprint density at radius 2 is 2.16 bits per heavy atom. The van der Waals surface area contributed by atoms with Crippen molar-refractivity contribution in [3.8, 4) is 0 Å². The van der Waals surface area contributed by atoms with Gasteiger partial charge in [0.05, 0.1) is 6.17 Å². The fourth-order valence-electron chi connectivity index (χ4n) is 2.80. The van der Waals surface area contributed by atoms with Gasteiger partial charge in [-0.2, -0.15) is 0 Å². The molecule has 4 heteroatoms. The van der Waals surface area contributed by atoms with E-state index in [1.54, 1.807) is 0 Å². The lowest BCUT2D eigenvalue weighted by Gasteiger charge is -2.35. The van der Waals surface area contributed by atoms with Crippen LogP contribution in [0.1, 0.15) is 45.4 Å². The molecule has 1 heterocycles. The van der Waals surface area contributed by atoms with E-state index >= 15 is 0 Å². The summed E-state index contributed by atoms with van der Waals surface area (Å²) in [7, 11) is 0. The lowest BCUT2D eigenvalue weighted by molar-refractivity contribution is 0.269. The Morgan fingerprint density at radius 1 is 1.37 bits per heavy atom. The Kier molecular flexibility index (Phi) is 5.70. The van der Waals surface area contributed by atoms with Crippen molar-refractivity contribution in [2.45, 2.75) is 57.7 Å². The topological polar surface area (TPSA) is 48.5 Å². The van der Waals surface area contributed by atoms with Gasteiger partial charge in [-0.15, -0.1) is 6.58 Å². The third kappa shape index (κ3) is 4.53. The van der Waals surface area contributed by atoms with Gasteiger partial charge in [-0.05, 0) is 19.3 Å². The van der Waals surface area contributed by atoms with E-state index in [-0.39, 0.29) is 0 Å². The molecule has 0 spiro atoms. The second kappa shape index (κ2) is 7.53. The number of aliphatic imine (C=N–C) groups is 1. The van der Waals surface area contributed by atoms with Gasteiger partial charge < -0.3 is 10.6 Å². The van der Waals surface area contributed by atoms with E-state index in [0.717, 1.165) is 25.5 Å². The van der Waals surface area contributed by atoms with Gasteiger partial charge in [0, 0.05) is 25.0 Å². The molecular weight excluding hydrogens is 236 g/mol. The van der Waals surface area contributed by atoms with Crippen LogP contribution >= 0.6 is 0 Å². The molecule has 0 amide bonds. The summed E-state index contributed by atoms with van der Waals surface area (Å²) in [5.74, 6) is 1.49. The lowest BCUT2D eigenvalue weighted by Crippen LogP contribution is -2.59. The largest absolute Gasteiger partial charge is 0.356 e. The van der Waals surface area contributed by atoms with Crippen LogP contribution in [0.3, 0.4) is 0 Å². The van der Waals surface area contributed by atoms with Gasteiger partial charge in [0.2, 0.25) is 0 Å². The highest BCUT2D eigenvalue weighted by atomic mass is 15.3. The minimum Gasteiger partial charge on any atom is -0.356 e. The fourth-order valence-corrected chi connectivity index (χ4v) is 2.80. The van der Waals surface area contributed by atoms with Crippen LogP contribution in [0.25, 0.3) is 0 Å². The Balaban J connectivity index is 1.79. The third-order valence-electron chi connectivity index (χ3n) is 4.06. The normalized spacial score (nSPS) is 28.4. The molecule has 0 aromatic heterocycles. The second-order valence-corrected chi connectivity index (χ2v) is 5.79. The summed E-state index contributed by atoms with van der Waals surface area (Å²) in [6.07, 6.45) is 10.0. The Hall–Kier alpha value is -1.03. The van der Waals surface area contributed by atoms with Gasteiger partial charge >= 0.3 is 0 Å². The maximum atomic E-state index is 4.55. The molecule has 108 valence electrons. The number of hydrogen-bond donors (Lipinski definition) is 3. The minimum atomic E-state index is 0.354. The van der Waals surface area contributed by atoms with Crippen molar-refractivity contribution in [2.75, 3.05) is 13.1 Å². The van der Waals surface area contributed by atoms with Crippen LogP contribution in [0.15, 0.2) is 17.6 Å². The Bertz CT molecular complexity index is 307. The maximum Gasteiger partial charge on any atom is 0.192 e. The first-order valence-corrected chi connectivity index (χ1v) is 7.71. The van der Waals surface area contributed by atoms with Crippen molar-refractivity contribution in [3.63, 3.8) is 0 Å². The molecule has 19 heavy (non-hydrogen) atoms. The van der Waals surface area contributed by atoms with E-state index < -0.39 is 0 Å². The Labute approximate surface area is 117 Å². The van der Waals surface area contributed by atoms with E-state index in [9.17, 15) is 0 Å². The SMILES string of the molecule is C=CCCNC1=NC[C@@H](C)C(NC2CCCCC2)N1. The molecule has 1 aliphatic heterocycles. The summed E-state index contributed by atoms with van der Waals surface area (Å²) in [6, 6.07) is 0.682. The van der Waals surface area contributed by atoms with E-state index in [2.05, 4.69) is 34.4 Å². The van der Waals surface area contributed by atoms with Gasteiger partial charge in [0.25, 0.3) is 0 Å². The predicted molar refractivity (Wildman–Crippen MR) is 81.2 cm³/mol. The van der Waals surface area contributed by atoms with Crippen LogP contribution in [0.4, 0.5) is 0 Å². The summed E-state index contributed by atoms with van der Waals surface area (Å²) in [4.78, 5) is 4.55. The second-order valence-electron chi connectivity index (χ2n) is 5.79. The van der Waals surface area contributed by atoms with Crippen LogP contribution in [0.5, 0.6) is 0 Å². The van der Waals surface area contributed by atoms with Crippen molar-refractivity contribution in [3.05, 3.63) is 12.7 Å². The van der Waals surface area contributed by atoms with Crippen LogP contribution in [-0.4, -0.2) is 31.3 Å². The number of nitrogens with one attached hydrogen (secondary N) is 3. The highest BCUT2D eigenvalue weighted by Gasteiger charge is 2.25. The highest BCUT2D eigenvalue weighted by molar-refractivity contribution is 5.80. The van der Waals surface area contributed by atoms with E-state index in [0.29, 0.717) is 18.1 Å². The molecular formula is C15H28N4. The predicted octanol–water partition coefficient (Wildman–Crippen LogP) is 2.00. The van der Waals surface area contributed by atoms with Gasteiger partial charge in [-0.1, -0.05) is 32.3 Å². The van der Waals surface area contributed by atoms with E-state index in [4.69, 9.17) is 0 Å². The number of hydrogen-bond acceptors (Lipinski definition) is 4. The molecule has 1 aliphatic carbocycles. The molecule has 2 atom stereocenters. The standard InChI is InChI=1S/C15H28N4/c1-3-4-10-16-15-17-11-12(2)14(19-15)18-13-8-6-5-7-9-13/h3,12-14,18H,1,4-11H2,2H3,(H2,16,17,19)/t12-,14?/m1/s1. The van der Waals surface area contributed by atoms with Gasteiger partial charge in [-0.3, -0.25) is 10.3 Å². The van der Waals surface area contributed by atoms with Crippen LogP contribution in [-0.2, 0) is 0 Å². The van der Waals surface area contributed by atoms with Gasteiger partial charge in [0.15, 0.2) is 5.96 Å². The molecule has 2 aliphatic rings. The molecule has 0 aromatic rings. The fraction of sp³-hybridized carbons (Fsp3) is 0.800. The minimum absolute atomic E-state index is 0.354.